The lowest BCUT2D eigenvalue weighted by atomic mass is 9.92. The smallest absolute Gasteiger partial charge is 0.241 e. The fourth-order valence-electron chi connectivity index (χ4n) is 3.47. The van der Waals surface area contributed by atoms with Crippen LogP contribution in [0.3, 0.4) is 0 Å². The zero-order chi connectivity index (χ0) is 13.3. The van der Waals surface area contributed by atoms with Gasteiger partial charge in [-0.25, -0.2) is 0 Å². The van der Waals surface area contributed by atoms with Gasteiger partial charge in [0.15, 0.2) is 0 Å². The maximum Gasteiger partial charge on any atom is 0.241 e. The first kappa shape index (κ1) is 13.8. The maximum atomic E-state index is 12.5. The van der Waals surface area contributed by atoms with Crippen molar-refractivity contribution in [3.63, 3.8) is 0 Å². The van der Waals surface area contributed by atoms with Gasteiger partial charge in [-0.05, 0) is 38.8 Å². The van der Waals surface area contributed by atoms with Crippen LogP contribution in [0, 0.1) is 5.92 Å². The molecule has 1 amide bonds. The molecule has 0 spiro atoms. The molecule has 0 aliphatic carbocycles. The Morgan fingerprint density at radius 3 is 2.61 bits per heavy atom. The van der Waals surface area contributed by atoms with Gasteiger partial charge in [0.2, 0.25) is 5.91 Å². The van der Waals surface area contributed by atoms with Crippen LogP contribution in [0.1, 0.15) is 40.0 Å². The van der Waals surface area contributed by atoms with Gasteiger partial charge in [0.1, 0.15) is 0 Å². The number of rotatable bonds is 3. The van der Waals surface area contributed by atoms with Crippen molar-refractivity contribution in [1.82, 2.24) is 15.1 Å². The Hall–Kier alpha value is -0.610. The van der Waals surface area contributed by atoms with Gasteiger partial charge in [0.25, 0.3) is 0 Å². The highest BCUT2D eigenvalue weighted by atomic mass is 16.2. The minimum Gasteiger partial charge on any atom is -0.322 e. The van der Waals surface area contributed by atoms with E-state index in [9.17, 15) is 4.79 Å². The minimum atomic E-state index is 0.0433. The average molecular weight is 253 g/mol. The largest absolute Gasteiger partial charge is 0.322 e. The molecule has 2 saturated heterocycles. The molecule has 4 nitrogen and oxygen atoms in total. The predicted octanol–water partition coefficient (Wildman–Crippen LogP) is 1.27. The van der Waals surface area contributed by atoms with Crippen molar-refractivity contribution in [2.75, 3.05) is 20.1 Å². The number of likely N-dealkylation sites (tertiary alicyclic amines) is 1. The van der Waals surface area contributed by atoms with Crippen molar-refractivity contribution in [2.24, 2.45) is 5.92 Å². The third-order valence-electron chi connectivity index (χ3n) is 4.50. The van der Waals surface area contributed by atoms with Crippen LogP contribution in [0.25, 0.3) is 0 Å². The number of carbonyl (C=O) groups excluding carboxylic acids is 1. The molecule has 0 saturated carbocycles. The van der Waals surface area contributed by atoms with Crippen LogP contribution in [-0.2, 0) is 4.79 Å². The number of hydrogen-bond donors (Lipinski definition) is 1. The van der Waals surface area contributed by atoms with Crippen molar-refractivity contribution >= 4 is 5.91 Å². The summed E-state index contributed by atoms with van der Waals surface area (Å²) in [5.74, 6) is 0.893. The Bertz CT molecular complexity index is 307. The maximum absolute atomic E-state index is 12.5. The van der Waals surface area contributed by atoms with Gasteiger partial charge in [-0.2, -0.15) is 0 Å². The van der Waals surface area contributed by atoms with E-state index in [-0.39, 0.29) is 12.2 Å². The third-order valence-corrected chi connectivity index (χ3v) is 4.50. The lowest BCUT2D eigenvalue weighted by molar-refractivity contribution is -0.134. The second-order valence-electron chi connectivity index (χ2n) is 5.89. The molecule has 18 heavy (non-hydrogen) atoms. The summed E-state index contributed by atoms with van der Waals surface area (Å²) >= 11 is 0. The van der Waals surface area contributed by atoms with Crippen molar-refractivity contribution in [1.29, 1.82) is 0 Å². The van der Waals surface area contributed by atoms with E-state index in [1.165, 1.54) is 0 Å². The lowest BCUT2D eigenvalue weighted by Crippen LogP contribution is -2.53. The quantitative estimate of drug-likeness (QED) is 0.823. The summed E-state index contributed by atoms with van der Waals surface area (Å²) in [7, 11) is 2.17. The third kappa shape index (κ3) is 2.41. The van der Waals surface area contributed by atoms with E-state index >= 15 is 0 Å². The summed E-state index contributed by atoms with van der Waals surface area (Å²) in [6, 6.07) is 0.463. The van der Waals surface area contributed by atoms with Gasteiger partial charge in [0.05, 0.1) is 12.2 Å². The van der Waals surface area contributed by atoms with Gasteiger partial charge in [-0.1, -0.05) is 20.8 Å². The monoisotopic (exact) mass is 253 g/mol. The average Bonchev–Trinajstić information content (AvgIpc) is 2.66. The molecule has 4 unspecified atom stereocenters. The summed E-state index contributed by atoms with van der Waals surface area (Å²) < 4.78 is 0. The molecule has 4 atom stereocenters. The molecule has 4 heteroatoms. The fourth-order valence-corrected chi connectivity index (χ4v) is 3.47. The normalized spacial score (nSPS) is 38.4. The van der Waals surface area contributed by atoms with Crippen LogP contribution in [0.5, 0.6) is 0 Å². The Kier molecular flexibility index (Phi) is 4.28. The van der Waals surface area contributed by atoms with Gasteiger partial charge in [-0.3, -0.25) is 10.1 Å². The van der Waals surface area contributed by atoms with Crippen molar-refractivity contribution in [3.8, 4) is 0 Å². The first-order valence-electron chi connectivity index (χ1n) is 7.35. The molecule has 0 aromatic carbocycles. The van der Waals surface area contributed by atoms with E-state index in [1.807, 2.05) is 0 Å². The zero-order valence-electron chi connectivity index (χ0n) is 12.1. The molecular formula is C14H27N3O. The molecule has 104 valence electrons. The molecule has 2 aliphatic rings. The highest BCUT2D eigenvalue weighted by Crippen LogP contribution is 2.27. The van der Waals surface area contributed by atoms with Crippen LogP contribution < -0.4 is 5.32 Å². The molecule has 2 aliphatic heterocycles. The van der Waals surface area contributed by atoms with Crippen LogP contribution in [0.2, 0.25) is 0 Å². The molecule has 2 rings (SSSR count). The van der Waals surface area contributed by atoms with Crippen molar-refractivity contribution in [3.05, 3.63) is 0 Å². The molecule has 2 heterocycles. The van der Waals surface area contributed by atoms with E-state index in [0.717, 1.165) is 32.4 Å². The molecule has 0 aromatic heterocycles. The molecule has 0 aromatic rings. The van der Waals surface area contributed by atoms with Gasteiger partial charge in [0, 0.05) is 12.6 Å². The Balaban J connectivity index is 2.12. The SMILES string of the molecule is CCC1NC(CC)N(C2CCN(C)CC2C)C1=O. The number of carbonyl (C=O) groups is 1. The number of nitrogens with zero attached hydrogens (tertiary/aromatic N) is 2. The van der Waals surface area contributed by atoms with Crippen molar-refractivity contribution < 1.29 is 4.79 Å². The number of amides is 1. The minimum absolute atomic E-state index is 0.0433. The van der Waals surface area contributed by atoms with E-state index < -0.39 is 0 Å². The summed E-state index contributed by atoms with van der Waals surface area (Å²) in [5.41, 5.74) is 0. The number of nitrogens with one attached hydrogen (secondary N) is 1. The molecular weight excluding hydrogens is 226 g/mol. The predicted molar refractivity (Wildman–Crippen MR) is 73.2 cm³/mol. The first-order valence-corrected chi connectivity index (χ1v) is 7.35. The van der Waals surface area contributed by atoms with Crippen LogP contribution in [-0.4, -0.2) is 54.1 Å². The van der Waals surface area contributed by atoms with E-state index in [0.29, 0.717) is 17.9 Å². The van der Waals surface area contributed by atoms with Gasteiger partial charge < -0.3 is 9.80 Å². The van der Waals surface area contributed by atoms with Crippen LogP contribution >= 0.6 is 0 Å². The van der Waals surface area contributed by atoms with Crippen LogP contribution in [0.15, 0.2) is 0 Å². The summed E-state index contributed by atoms with van der Waals surface area (Å²) in [6.45, 7) is 8.73. The molecule has 0 bridgehead atoms. The van der Waals surface area contributed by atoms with Gasteiger partial charge in [-0.15, -0.1) is 0 Å². The highest BCUT2D eigenvalue weighted by molar-refractivity contribution is 5.84. The lowest BCUT2D eigenvalue weighted by Gasteiger charge is -2.42. The Morgan fingerprint density at radius 2 is 2.06 bits per heavy atom. The number of piperidine rings is 1. The summed E-state index contributed by atoms with van der Waals surface area (Å²) in [5, 5.41) is 3.48. The van der Waals surface area contributed by atoms with Crippen molar-refractivity contribution in [2.45, 2.75) is 58.3 Å². The Labute approximate surface area is 111 Å². The summed E-state index contributed by atoms with van der Waals surface area (Å²) in [6.07, 6.45) is 3.25. The standard InChI is InChI=1S/C14H27N3O/c1-5-11-14(18)17(13(6-2)15-11)12-7-8-16(4)9-10(12)3/h10-13,15H,5-9H2,1-4H3. The van der Waals surface area contributed by atoms with E-state index in [2.05, 4.69) is 42.9 Å². The van der Waals surface area contributed by atoms with Crippen LogP contribution in [0.4, 0.5) is 0 Å². The molecule has 2 fully saturated rings. The highest BCUT2D eigenvalue weighted by Gasteiger charge is 2.43. The molecule has 1 N–H and O–H groups in total. The number of hydrogen-bond acceptors (Lipinski definition) is 3. The second kappa shape index (κ2) is 5.57. The molecule has 0 radical (unpaired) electrons. The van der Waals surface area contributed by atoms with E-state index in [1.54, 1.807) is 0 Å². The first-order chi connectivity index (χ1) is 8.58. The Morgan fingerprint density at radius 1 is 1.33 bits per heavy atom. The van der Waals surface area contributed by atoms with Gasteiger partial charge >= 0.3 is 0 Å². The zero-order valence-corrected chi connectivity index (χ0v) is 12.1. The second-order valence-corrected chi connectivity index (χ2v) is 5.89. The fraction of sp³-hybridized carbons (Fsp3) is 0.929. The van der Waals surface area contributed by atoms with E-state index in [4.69, 9.17) is 0 Å². The summed E-state index contributed by atoms with van der Waals surface area (Å²) in [4.78, 5) is 17.0. The topological polar surface area (TPSA) is 35.6 Å².